The molecule has 0 unspecified atom stereocenters. The number of aliphatic imine (C=N–C) groups is 1. The van der Waals surface area contributed by atoms with Crippen molar-refractivity contribution < 1.29 is 38.0 Å². The molecular weight excluding hydrogens is 484 g/mol. The van der Waals surface area contributed by atoms with Gasteiger partial charge >= 0.3 is 12.1 Å². The lowest BCUT2D eigenvalue weighted by Gasteiger charge is -2.14. The van der Waals surface area contributed by atoms with Gasteiger partial charge in [-0.25, -0.2) is 19.3 Å². The molecule has 37 heavy (non-hydrogen) atoms. The van der Waals surface area contributed by atoms with Crippen molar-refractivity contribution in [1.82, 2.24) is 15.1 Å². The molecule has 2 aromatic carbocycles. The number of amides is 1. The van der Waals surface area contributed by atoms with Gasteiger partial charge in [0.2, 0.25) is 11.7 Å². The van der Waals surface area contributed by atoms with Gasteiger partial charge in [0.1, 0.15) is 11.5 Å². The number of esters is 1. The molecule has 196 valence electrons. The molecule has 0 spiro atoms. The highest BCUT2D eigenvalue weighted by Gasteiger charge is 2.16. The maximum absolute atomic E-state index is 12.1. The Bertz CT molecular complexity index is 1230. The number of rotatable bonds is 9. The molecular formula is C25H28N4O8. The van der Waals surface area contributed by atoms with Gasteiger partial charge in [0.15, 0.2) is 11.5 Å². The standard InChI is InChI=1S/C25H28N4O8/c1-6-35-23(30)16-14-26-29(15-16)24(28-25(31)36-7-2)27-17-8-10-18(11-9-17)37-19-12-20(32-3)22(34-5)21(13-19)33-4/h8-15H,6-7H2,1-5H3,(H,27,28,31). The zero-order chi connectivity index (χ0) is 26.8. The third kappa shape index (κ3) is 6.90. The summed E-state index contributed by atoms with van der Waals surface area (Å²) in [6.45, 7) is 3.76. The van der Waals surface area contributed by atoms with Crippen LogP contribution in [0.2, 0.25) is 0 Å². The SMILES string of the molecule is CCOC(=O)NC(=Nc1ccc(Oc2cc(OC)c(OC)c(OC)c2)cc1)n1cc(C(=O)OCC)cn1. The summed E-state index contributed by atoms with van der Waals surface area (Å²) in [6, 6.07) is 10.1. The van der Waals surface area contributed by atoms with Crippen molar-refractivity contribution in [3.63, 3.8) is 0 Å². The predicted octanol–water partition coefficient (Wildman–Crippen LogP) is 4.16. The number of aromatic nitrogens is 2. The second kappa shape index (κ2) is 12.8. The van der Waals surface area contributed by atoms with E-state index >= 15 is 0 Å². The van der Waals surface area contributed by atoms with E-state index in [1.807, 2.05) is 0 Å². The summed E-state index contributed by atoms with van der Waals surface area (Å²) >= 11 is 0. The van der Waals surface area contributed by atoms with E-state index in [9.17, 15) is 9.59 Å². The van der Waals surface area contributed by atoms with Crippen molar-refractivity contribution in [3.05, 3.63) is 54.4 Å². The summed E-state index contributed by atoms with van der Waals surface area (Å²) in [5.74, 6) is 1.82. The van der Waals surface area contributed by atoms with Crippen LogP contribution >= 0.6 is 0 Å². The van der Waals surface area contributed by atoms with Crippen LogP contribution in [-0.4, -0.2) is 62.3 Å². The Hall–Kier alpha value is -4.74. The molecule has 0 fully saturated rings. The molecule has 1 amide bonds. The van der Waals surface area contributed by atoms with E-state index in [2.05, 4.69) is 15.4 Å². The molecule has 0 radical (unpaired) electrons. The van der Waals surface area contributed by atoms with Crippen LogP contribution in [0.1, 0.15) is 24.2 Å². The van der Waals surface area contributed by atoms with E-state index in [0.29, 0.717) is 34.4 Å². The maximum atomic E-state index is 12.1. The molecule has 1 N–H and O–H groups in total. The van der Waals surface area contributed by atoms with Gasteiger partial charge in [0, 0.05) is 18.3 Å². The lowest BCUT2D eigenvalue weighted by Crippen LogP contribution is -2.36. The Kier molecular flexibility index (Phi) is 9.30. The van der Waals surface area contributed by atoms with Crippen molar-refractivity contribution in [2.24, 2.45) is 4.99 Å². The number of benzene rings is 2. The van der Waals surface area contributed by atoms with E-state index in [-0.39, 0.29) is 24.7 Å². The third-order valence-corrected chi connectivity index (χ3v) is 4.75. The Labute approximate surface area is 213 Å². The first-order chi connectivity index (χ1) is 17.9. The number of nitrogens with one attached hydrogen (secondary N) is 1. The van der Waals surface area contributed by atoms with E-state index in [4.69, 9.17) is 28.4 Å². The molecule has 0 saturated heterocycles. The maximum Gasteiger partial charge on any atom is 0.414 e. The molecule has 0 atom stereocenters. The smallest absolute Gasteiger partial charge is 0.414 e. The van der Waals surface area contributed by atoms with Crippen molar-refractivity contribution in [1.29, 1.82) is 0 Å². The zero-order valence-corrected chi connectivity index (χ0v) is 21.1. The van der Waals surface area contributed by atoms with Gasteiger partial charge in [0.05, 0.1) is 52.0 Å². The topological polar surface area (TPSA) is 132 Å². The molecule has 12 heteroatoms. The Morgan fingerprint density at radius 3 is 2.14 bits per heavy atom. The van der Waals surface area contributed by atoms with Crippen molar-refractivity contribution in [3.8, 4) is 28.7 Å². The van der Waals surface area contributed by atoms with Crippen LogP contribution < -0.4 is 24.3 Å². The molecule has 3 rings (SSSR count). The first-order valence-electron chi connectivity index (χ1n) is 11.2. The summed E-state index contributed by atoms with van der Waals surface area (Å²) in [4.78, 5) is 28.5. The second-order valence-corrected chi connectivity index (χ2v) is 7.13. The van der Waals surface area contributed by atoms with E-state index < -0.39 is 12.1 Å². The monoisotopic (exact) mass is 512 g/mol. The number of ether oxygens (including phenoxy) is 6. The normalized spacial score (nSPS) is 10.9. The minimum atomic E-state index is -0.725. The zero-order valence-electron chi connectivity index (χ0n) is 21.1. The van der Waals surface area contributed by atoms with E-state index in [0.717, 1.165) is 0 Å². The molecule has 0 aliphatic carbocycles. The van der Waals surface area contributed by atoms with Gasteiger partial charge in [-0.05, 0) is 38.1 Å². The van der Waals surface area contributed by atoms with Gasteiger partial charge in [-0.1, -0.05) is 0 Å². The quantitative estimate of drug-likeness (QED) is 0.255. The van der Waals surface area contributed by atoms with Crippen LogP contribution in [0.15, 0.2) is 53.8 Å². The molecule has 0 aliphatic heterocycles. The van der Waals surface area contributed by atoms with Gasteiger partial charge in [-0.2, -0.15) is 5.10 Å². The fourth-order valence-electron chi connectivity index (χ4n) is 3.12. The van der Waals surface area contributed by atoms with E-state index in [1.54, 1.807) is 50.2 Å². The molecule has 1 aromatic heterocycles. The summed E-state index contributed by atoms with van der Waals surface area (Å²) < 4.78 is 33.1. The largest absolute Gasteiger partial charge is 0.493 e. The average Bonchev–Trinajstić information content (AvgIpc) is 3.39. The number of alkyl carbamates (subject to hydrolysis) is 1. The first kappa shape index (κ1) is 26.9. The molecule has 12 nitrogen and oxygen atoms in total. The average molecular weight is 513 g/mol. The molecule has 3 aromatic rings. The van der Waals surface area contributed by atoms with Crippen molar-refractivity contribution >= 4 is 23.7 Å². The number of carbonyl (C=O) groups is 2. The van der Waals surface area contributed by atoms with Crippen LogP contribution in [0.25, 0.3) is 0 Å². The highest BCUT2D eigenvalue weighted by atomic mass is 16.6. The van der Waals surface area contributed by atoms with Crippen molar-refractivity contribution in [2.45, 2.75) is 13.8 Å². The molecule has 0 aliphatic rings. The number of hydrogen-bond acceptors (Lipinski definition) is 10. The summed E-state index contributed by atoms with van der Waals surface area (Å²) in [6.07, 6.45) is 1.98. The summed E-state index contributed by atoms with van der Waals surface area (Å²) in [7, 11) is 4.56. The summed E-state index contributed by atoms with van der Waals surface area (Å²) in [5.41, 5.74) is 0.673. The number of carbonyl (C=O) groups excluding carboxylic acids is 2. The predicted molar refractivity (Wildman–Crippen MR) is 133 cm³/mol. The minimum Gasteiger partial charge on any atom is -0.493 e. The lowest BCUT2D eigenvalue weighted by atomic mass is 10.2. The van der Waals surface area contributed by atoms with Gasteiger partial charge in [-0.15, -0.1) is 0 Å². The van der Waals surface area contributed by atoms with Gasteiger partial charge in [0.25, 0.3) is 0 Å². The van der Waals surface area contributed by atoms with Gasteiger partial charge in [-0.3, -0.25) is 5.32 Å². The highest BCUT2D eigenvalue weighted by Crippen LogP contribution is 2.42. The van der Waals surface area contributed by atoms with Crippen LogP contribution in [0, 0.1) is 0 Å². The number of hydrogen-bond donors (Lipinski definition) is 1. The summed E-state index contributed by atoms with van der Waals surface area (Å²) in [5, 5.41) is 6.63. The number of methoxy groups -OCH3 is 3. The van der Waals surface area contributed by atoms with Crippen LogP contribution in [0.3, 0.4) is 0 Å². The molecule has 0 bridgehead atoms. The minimum absolute atomic E-state index is 0.0206. The van der Waals surface area contributed by atoms with Crippen molar-refractivity contribution in [2.75, 3.05) is 34.5 Å². The fraction of sp³-hybridized carbons (Fsp3) is 0.280. The lowest BCUT2D eigenvalue weighted by molar-refractivity contribution is 0.0526. The van der Waals surface area contributed by atoms with Crippen LogP contribution in [-0.2, 0) is 9.47 Å². The second-order valence-electron chi connectivity index (χ2n) is 7.13. The third-order valence-electron chi connectivity index (χ3n) is 4.75. The Balaban J connectivity index is 1.86. The van der Waals surface area contributed by atoms with Crippen LogP contribution in [0.4, 0.5) is 10.5 Å². The molecule has 1 heterocycles. The van der Waals surface area contributed by atoms with Crippen LogP contribution in [0.5, 0.6) is 28.7 Å². The first-order valence-corrected chi connectivity index (χ1v) is 11.2. The fourth-order valence-corrected chi connectivity index (χ4v) is 3.12. The Morgan fingerprint density at radius 1 is 0.919 bits per heavy atom. The number of nitrogens with zero attached hydrogens (tertiary/aromatic N) is 3. The molecule has 0 saturated carbocycles. The Morgan fingerprint density at radius 2 is 1.57 bits per heavy atom. The van der Waals surface area contributed by atoms with E-state index in [1.165, 1.54) is 38.4 Å². The van der Waals surface area contributed by atoms with Gasteiger partial charge < -0.3 is 28.4 Å². The highest BCUT2D eigenvalue weighted by molar-refractivity contribution is 5.97.